The number of hydrogen-bond acceptors (Lipinski definition) is 4. The number of rotatable bonds is 4. The molecule has 0 saturated carbocycles. The predicted molar refractivity (Wildman–Crippen MR) is 51.7 cm³/mol. The molecule has 2 N–H and O–H groups in total. The molecule has 1 aliphatic heterocycles. The van der Waals surface area contributed by atoms with Gasteiger partial charge in [0.1, 0.15) is 0 Å². The van der Waals surface area contributed by atoms with Crippen LogP contribution in [0.1, 0.15) is 6.42 Å². The van der Waals surface area contributed by atoms with Crippen molar-refractivity contribution < 1.29 is 9.47 Å². The van der Waals surface area contributed by atoms with Gasteiger partial charge in [0, 0.05) is 19.7 Å². The lowest BCUT2D eigenvalue weighted by Crippen LogP contribution is -2.50. The number of hydrogen-bond donors (Lipinski definition) is 1. The molecule has 4 heteroatoms. The highest BCUT2D eigenvalue weighted by Gasteiger charge is 2.24. The van der Waals surface area contributed by atoms with Crippen molar-refractivity contribution in [3.63, 3.8) is 0 Å². The number of likely N-dealkylation sites (N-methyl/N-ethyl adjacent to an activating group) is 1. The quantitative estimate of drug-likeness (QED) is 0.614. The van der Waals surface area contributed by atoms with Gasteiger partial charge in [0.25, 0.3) is 0 Å². The SMILES string of the molecule is COCCO[C@H]1CN(C)CC[C@H]1N. The van der Waals surface area contributed by atoms with Crippen molar-refractivity contribution in [2.75, 3.05) is 40.5 Å². The number of nitrogens with zero attached hydrogens (tertiary/aromatic N) is 1. The first-order valence-electron chi connectivity index (χ1n) is 4.78. The topological polar surface area (TPSA) is 47.7 Å². The summed E-state index contributed by atoms with van der Waals surface area (Å²) in [5, 5.41) is 0. The third kappa shape index (κ3) is 3.60. The van der Waals surface area contributed by atoms with E-state index >= 15 is 0 Å². The molecule has 4 nitrogen and oxygen atoms in total. The molecule has 1 heterocycles. The van der Waals surface area contributed by atoms with Gasteiger partial charge in [-0.25, -0.2) is 0 Å². The Hall–Kier alpha value is -0.160. The molecular weight excluding hydrogens is 168 g/mol. The van der Waals surface area contributed by atoms with Gasteiger partial charge >= 0.3 is 0 Å². The molecule has 1 fully saturated rings. The van der Waals surface area contributed by atoms with Crippen molar-refractivity contribution in [2.24, 2.45) is 5.73 Å². The monoisotopic (exact) mass is 188 g/mol. The van der Waals surface area contributed by atoms with Gasteiger partial charge in [0.2, 0.25) is 0 Å². The van der Waals surface area contributed by atoms with E-state index in [0.29, 0.717) is 13.2 Å². The van der Waals surface area contributed by atoms with Crippen molar-refractivity contribution in [1.82, 2.24) is 4.90 Å². The van der Waals surface area contributed by atoms with E-state index in [9.17, 15) is 0 Å². The third-order valence-electron chi connectivity index (χ3n) is 2.43. The molecule has 0 bridgehead atoms. The molecule has 0 unspecified atom stereocenters. The van der Waals surface area contributed by atoms with Crippen molar-refractivity contribution in [2.45, 2.75) is 18.6 Å². The van der Waals surface area contributed by atoms with Gasteiger partial charge in [0.05, 0.1) is 19.3 Å². The first kappa shape index (κ1) is 10.9. The van der Waals surface area contributed by atoms with Crippen LogP contribution >= 0.6 is 0 Å². The summed E-state index contributed by atoms with van der Waals surface area (Å²) < 4.78 is 10.5. The minimum Gasteiger partial charge on any atom is -0.382 e. The summed E-state index contributed by atoms with van der Waals surface area (Å²) in [5.41, 5.74) is 5.93. The summed E-state index contributed by atoms with van der Waals surface area (Å²) in [6.45, 7) is 3.30. The molecule has 1 saturated heterocycles. The van der Waals surface area contributed by atoms with Crippen LogP contribution in [0.3, 0.4) is 0 Å². The zero-order valence-electron chi connectivity index (χ0n) is 8.53. The van der Waals surface area contributed by atoms with Crippen LogP contribution in [0.2, 0.25) is 0 Å². The zero-order chi connectivity index (χ0) is 9.68. The van der Waals surface area contributed by atoms with Crippen LogP contribution in [0.25, 0.3) is 0 Å². The highest BCUT2D eigenvalue weighted by Crippen LogP contribution is 2.10. The Bertz CT molecular complexity index is 144. The van der Waals surface area contributed by atoms with Gasteiger partial charge < -0.3 is 20.1 Å². The first-order chi connectivity index (χ1) is 6.24. The lowest BCUT2D eigenvalue weighted by molar-refractivity contribution is -0.0260. The molecule has 1 rings (SSSR count). The summed E-state index contributed by atoms with van der Waals surface area (Å²) in [5.74, 6) is 0. The summed E-state index contributed by atoms with van der Waals surface area (Å²) in [6, 6.07) is 0.188. The Kier molecular flexibility index (Phi) is 4.66. The Morgan fingerprint density at radius 2 is 2.23 bits per heavy atom. The molecule has 1 aliphatic rings. The molecular formula is C9H20N2O2. The Balaban J connectivity index is 2.21. The maximum absolute atomic E-state index is 5.93. The minimum absolute atomic E-state index is 0.175. The number of methoxy groups -OCH3 is 1. The summed E-state index contributed by atoms with van der Waals surface area (Å²) in [7, 11) is 3.77. The van der Waals surface area contributed by atoms with Gasteiger partial charge in [-0.3, -0.25) is 0 Å². The van der Waals surface area contributed by atoms with E-state index in [0.717, 1.165) is 19.5 Å². The summed E-state index contributed by atoms with van der Waals surface area (Å²) in [4.78, 5) is 2.25. The van der Waals surface area contributed by atoms with Crippen molar-refractivity contribution >= 4 is 0 Å². The highest BCUT2D eigenvalue weighted by molar-refractivity contribution is 4.82. The number of likely N-dealkylation sites (tertiary alicyclic amines) is 1. The second-order valence-corrected chi connectivity index (χ2v) is 3.62. The molecule has 0 spiro atoms. The molecule has 0 aliphatic carbocycles. The molecule has 0 aromatic rings. The van der Waals surface area contributed by atoms with Gasteiger partial charge in [-0.1, -0.05) is 0 Å². The number of nitrogens with two attached hydrogens (primary N) is 1. The van der Waals surface area contributed by atoms with Crippen LogP contribution in [-0.2, 0) is 9.47 Å². The normalized spacial score (nSPS) is 30.7. The number of piperidine rings is 1. The molecule has 0 amide bonds. The maximum atomic E-state index is 5.93. The first-order valence-corrected chi connectivity index (χ1v) is 4.78. The van der Waals surface area contributed by atoms with Gasteiger partial charge in [-0.2, -0.15) is 0 Å². The van der Waals surface area contributed by atoms with Gasteiger partial charge in [-0.05, 0) is 20.0 Å². The van der Waals surface area contributed by atoms with Crippen molar-refractivity contribution in [1.29, 1.82) is 0 Å². The number of ether oxygens (including phenoxy) is 2. The second-order valence-electron chi connectivity index (χ2n) is 3.62. The van der Waals surface area contributed by atoms with E-state index in [1.54, 1.807) is 7.11 Å². The molecule has 2 atom stereocenters. The predicted octanol–water partition coefficient (Wildman–Crippen LogP) is -0.319. The van der Waals surface area contributed by atoms with Crippen LogP contribution in [0.15, 0.2) is 0 Å². The van der Waals surface area contributed by atoms with Crippen LogP contribution in [-0.4, -0.2) is 57.5 Å². The standard InChI is InChI=1S/C9H20N2O2/c1-11-4-3-8(10)9(7-11)13-6-5-12-2/h8-9H,3-7,10H2,1-2H3/t8-,9+/m1/s1. The summed E-state index contributed by atoms with van der Waals surface area (Å²) in [6.07, 6.45) is 1.20. The Morgan fingerprint density at radius 3 is 2.92 bits per heavy atom. The van der Waals surface area contributed by atoms with E-state index < -0.39 is 0 Å². The third-order valence-corrected chi connectivity index (χ3v) is 2.43. The zero-order valence-corrected chi connectivity index (χ0v) is 8.53. The lowest BCUT2D eigenvalue weighted by atomic mass is 10.0. The largest absolute Gasteiger partial charge is 0.382 e. The van der Waals surface area contributed by atoms with Crippen molar-refractivity contribution in [3.05, 3.63) is 0 Å². The second kappa shape index (κ2) is 5.54. The maximum Gasteiger partial charge on any atom is 0.0854 e. The Morgan fingerprint density at radius 1 is 1.46 bits per heavy atom. The highest BCUT2D eigenvalue weighted by atomic mass is 16.5. The van der Waals surface area contributed by atoms with E-state index in [4.69, 9.17) is 15.2 Å². The van der Waals surface area contributed by atoms with E-state index in [1.165, 1.54) is 0 Å². The Labute approximate surface area is 80.0 Å². The molecule has 0 aromatic carbocycles. The lowest BCUT2D eigenvalue weighted by Gasteiger charge is -2.34. The van der Waals surface area contributed by atoms with Crippen molar-refractivity contribution in [3.8, 4) is 0 Å². The molecule has 0 radical (unpaired) electrons. The fourth-order valence-electron chi connectivity index (χ4n) is 1.55. The van der Waals surface area contributed by atoms with E-state index in [1.807, 2.05) is 0 Å². The minimum atomic E-state index is 0.175. The fourth-order valence-corrected chi connectivity index (χ4v) is 1.55. The van der Waals surface area contributed by atoms with Crippen LogP contribution in [0.4, 0.5) is 0 Å². The average molecular weight is 188 g/mol. The van der Waals surface area contributed by atoms with E-state index in [2.05, 4.69) is 11.9 Å². The average Bonchev–Trinajstić information content (AvgIpc) is 2.11. The molecule has 78 valence electrons. The smallest absolute Gasteiger partial charge is 0.0854 e. The molecule has 13 heavy (non-hydrogen) atoms. The van der Waals surface area contributed by atoms with Gasteiger partial charge in [-0.15, -0.1) is 0 Å². The van der Waals surface area contributed by atoms with Crippen LogP contribution < -0.4 is 5.73 Å². The van der Waals surface area contributed by atoms with E-state index in [-0.39, 0.29) is 12.1 Å². The molecule has 0 aromatic heterocycles. The fraction of sp³-hybridized carbons (Fsp3) is 1.00. The summed E-state index contributed by atoms with van der Waals surface area (Å²) >= 11 is 0. The van der Waals surface area contributed by atoms with Gasteiger partial charge in [0.15, 0.2) is 0 Å². The van der Waals surface area contributed by atoms with Crippen LogP contribution in [0.5, 0.6) is 0 Å². The van der Waals surface area contributed by atoms with Crippen LogP contribution in [0, 0.1) is 0 Å².